The predicted octanol–water partition coefficient (Wildman–Crippen LogP) is 3.11. The van der Waals surface area contributed by atoms with Crippen molar-refractivity contribution in [3.63, 3.8) is 0 Å². The van der Waals surface area contributed by atoms with Crippen LogP contribution in [-0.4, -0.2) is 21.7 Å². The van der Waals surface area contributed by atoms with Gasteiger partial charge >= 0.3 is 5.97 Å². The number of nitrogens with zero attached hydrogens (tertiary/aromatic N) is 1. The van der Waals surface area contributed by atoms with Crippen molar-refractivity contribution in [1.82, 2.24) is 4.98 Å². The maximum Gasteiger partial charge on any atom is 0.336 e. The van der Waals surface area contributed by atoms with Crippen LogP contribution in [-0.2, 0) is 0 Å². The van der Waals surface area contributed by atoms with Crippen molar-refractivity contribution in [2.75, 3.05) is 0 Å². The lowest BCUT2D eigenvalue weighted by molar-refractivity contribution is 0.0699. The van der Waals surface area contributed by atoms with Crippen LogP contribution in [0.1, 0.15) is 31.1 Å². The largest absolute Gasteiger partial charge is 0.478 e. The van der Waals surface area contributed by atoms with Gasteiger partial charge < -0.3 is 9.84 Å². The molecule has 1 aromatic carbocycles. The quantitative estimate of drug-likeness (QED) is 0.883. The van der Waals surface area contributed by atoms with E-state index in [1.54, 1.807) is 30.3 Å². The van der Waals surface area contributed by atoms with Gasteiger partial charge in [-0.25, -0.2) is 9.78 Å². The summed E-state index contributed by atoms with van der Waals surface area (Å²) in [7, 11) is 0. The molecule has 0 aliphatic carbocycles. The van der Waals surface area contributed by atoms with Crippen LogP contribution >= 0.6 is 0 Å². The van der Waals surface area contributed by atoms with Crippen LogP contribution in [0.4, 0.5) is 0 Å². The number of aromatic carboxylic acids is 1. The molecule has 4 heteroatoms. The highest BCUT2D eigenvalue weighted by atomic mass is 16.5. The second-order valence-electron chi connectivity index (χ2n) is 5.04. The first-order chi connectivity index (χ1) is 8.37. The third-order valence-electron chi connectivity index (χ3n) is 2.35. The van der Waals surface area contributed by atoms with Crippen molar-refractivity contribution in [3.8, 4) is 5.88 Å². The van der Waals surface area contributed by atoms with E-state index >= 15 is 0 Å². The van der Waals surface area contributed by atoms with Crippen LogP contribution in [0, 0.1) is 0 Å². The number of carboxylic acids is 1. The molecule has 0 unspecified atom stereocenters. The van der Waals surface area contributed by atoms with Gasteiger partial charge in [0.15, 0.2) is 0 Å². The highest BCUT2D eigenvalue weighted by Gasteiger charge is 2.14. The molecular formula is C14H15NO3. The van der Waals surface area contributed by atoms with Gasteiger partial charge in [-0.2, -0.15) is 0 Å². The molecule has 0 bridgehead atoms. The molecule has 1 heterocycles. The second kappa shape index (κ2) is 4.29. The van der Waals surface area contributed by atoms with Gasteiger partial charge in [0, 0.05) is 11.5 Å². The molecule has 4 nitrogen and oxygen atoms in total. The first kappa shape index (κ1) is 12.4. The maximum atomic E-state index is 11.1. The number of hydrogen-bond acceptors (Lipinski definition) is 3. The van der Waals surface area contributed by atoms with E-state index in [-0.39, 0.29) is 11.2 Å². The summed E-state index contributed by atoms with van der Waals surface area (Å²) in [5.41, 5.74) is 0.546. The van der Waals surface area contributed by atoms with E-state index < -0.39 is 5.97 Å². The molecule has 0 saturated heterocycles. The Kier molecular flexibility index (Phi) is 2.95. The van der Waals surface area contributed by atoms with E-state index in [0.717, 1.165) is 0 Å². The summed E-state index contributed by atoms with van der Waals surface area (Å²) in [6, 6.07) is 8.44. The molecule has 0 saturated carbocycles. The summed E-state index contributed by atoms with van der Waals surface area (Å²) < 4.78 is 5.65. The molecule has 0 fully saturated rings. The summed E-state index contributed by atoms with van der Waals surface area (Å²) in [6.45, 7) is 5.81. The Bertz CT molecular complexity index is 600. The lowest BCUT2D eigenvalue weighted by Crippen LogP contribution is -2.23. The van der Waals surface area contributed by atoms with Crippen molar-refractivity contribution >= 4 is 16.9 Å². The van der Waals surface area contributed by atoms with Crippen LogP contribution in [0.15, 0.2) is 30.3 Å². The zero-order valence-corrected chi connectivity index (χ0v) is 10.6. The van der Waals surface area contributed by atoms with Crippen LogP contribution in [0.5, 0.6) is 5.88 Å². The minimum atomic E-state index is -0.952. The Morgan fingerprint density at radius 3 is 2.56 bits per heavy atom. The van der Waals surface area contributed by atoms with E-state index in [9.17, 15) is 4.79 Å². The number of benzene rings is 1. The highest BCUT2D eigenvalue weighted by Crippen LogP contribution is 2.22. The number of carbonyl (C=O) groups is 1. The molecule has 0 amide bonds. The van der Waals surface area contributed by atoms with Crippen molar-refractivity contribution in [2.45, 2.75) is 26.4 Å². The van der Waals surface area contributed by atoms with Gasteiger partial charge in [0.2, 0.25) is 5.88 Å². The first-order valence-corrected chi connectivity index (χ1v) is 5.69. The normalized spacial score (nSPS) is 11.5. The second-order valence-corrected chi connectivity index (χ2v) is 5.04. The molecule has 2 aromatic rings. The lowest BCUT2D eigenvalue weighted by Gasteiger charge is -2.20. The predicted molar refractivity (Wildman–Crippen MR) is 69.1 cm³/mol. The number of hydrogen-bond donors (Lipinski definition) is 1. The first-order valence-electron chi connectivity index (χ1n) is 5.69. The van der Waals surface area contributed by atoms with Crippen molar-refractivity contribution in [1.29, 1.82) is 0 Å². The summed E-state index contributed by atoms with van der Waals surface area (Å²) in [4.78, 5) is 15.4. The van der Waals surface area contributed by atoms with Gasteiger partial charge in [-0.05, 0) is 39.0 Å². The summed E-state index contributed by atoms with van der Waals surface area (Å²) in [5.74, 6) is -0.454. The molecule has 0 radical (unpaired) electrons. The molecule has 1 aromatic heterocycles. The Balaban J connectivity index is 2.50. The summed E-state index contributed by atoms with van der Waals surface area (Å²) >= 11 is 0. The van der Waals surface area contributed by atoms with E-state index in [4.69, 9.17) is 9.84 Å². The molecule has 1 N–H and O–H groups in total. The number of rotatable bonds is 2. The average molecular weight is 245 g/mol. The van der Waals surface area contributed by atoms with Crippen molar-refractivity contribution in [2.24, 2.45) is 0 Å². The van der Waals surface area contributed by atoms with Crippen LogP contribution < -0.4 is 4.74 Å². The van der Waals surface area contributed by atoms with Crippen LogP contribution in [0.2, 0.25) is 0 Å². The van der Waals surface area contributed by atoms with Crippen molar-refractivity contribution in [3.05, 3.63) is 35.9 Å². The fraction of sp³-hybridized carbons (Fsp3) is 0.286. The minimum Gasteiger partial charge on any atom is -0.478 e. The van der Waals surface area contributed by atoms with Gasteiger partial charge in [-0.3, -0.25) is 0 Å². The fourth-order valence-electron chi connectivity index (χ4n) is 1.69. The third kappa shape index (κ3) is 2.59. The Hall–Kier alpha value is -2.10. The number of ether oxygens (including phenoxy) is 1. The zero-order chi connectivity index (χ0) is 13.3. The Labute approximate surface area is 105 Å². The highest BCUT2D eigenvalue weighted by molar-refractivity contribution is 6.02. The standard InChI is InChI=1S/C14H15NO3/c1-14(2,3)18-12-8-7-9-10(13(16)17)5-4-6-11(9)15-12/h4-8H,1-3H3,(H,16,17). The van der Waals surface area contributed by atoms with Crippen molar-refractivity contribution < 1.29 is 14.6 Å². The SMILES string of the molecule is CC(C)(C)Oc1ccc2c(C(=O)O)cccc2n1. The molecule has 0 aliphatic rings. The van der Waals surface area contributed by atoms with E-state index in [1.165, 1.54) is 0 Å². The van der Waals surface area contributed by atoms with E-state index in [2.05, 4.69) is 4.98 Å². The number of carboxylic acid groups (broad SMARTS) is 1. The fourth-order valence-corrected chi connectivity index (χ4v) is 1.69. The van der Waals surface area contributed by atoms with Gasteiger partial charge in [0.05, 0.1) is 11.1 Å². The molecule has 2 rings (SSSR count). The average Bonchev–Trinajstić information content (AvgIpc) is 2.25. The molecule has 0 aliphatic heterocycles. The van der Waals surface area contributed by atoms with Gasteiger partial charge in [0.1, 0.15) is 5.60 Å². The molecule has 0 spiro atoms. The Morgan fingerprint density at radius 1 is 1.22 bits per heavy atom. The monoisotopic (exact) mass is 245 g/mol. The number of fused-ring (bicyclic) bond motifs is 1. The summed E-state index contributed by atoms with van der Waals surface area (Å²) in [6.07, 6.45) is 0. The molecule has 18 heavy (non-hydrogen) atoms. The minimum absolute atomic E-state index is 0.252. The smallest absolute Gasteiger partial charge is 0.336 e. The van der Waals surface area contributed by atoms with E-state index in [1.807, 2.05) is 20.8 Å². The molecule has 0 atom stereocenters. The third-order valence-corrected chi connectivity index (χ3v) is 2.35. The lowest BCUT2D eigenvalue weighted by atomic mass is 10.1. The Morgan fingerprint density at radius 2 is 1.94 bits per heavy atom. The maximum absolute atomic E-state index is 11.1. The molecule has 94 valence electrons. The topological polar surface area (TPSA) is 59.4 Å². The molecular weight excluding hydrogens is 230 g/mol. The van der Waals surface area contributed by atoms with Gasteiger partial charge in [0.25, 0.3) is 0 Å². The summed E-state index contributed by atoms with van der Waals surface area (Å²) in [5, 5.41) is 9.70. The van der Waals surface area contributed by atoms with Gasteiger partial charge in [-0.1, -0.05) is 6.07 Å². The van der Waals surface area contributed by atoms with Gasteiger partial charge in [-0.15, -0.1) is 0 Å². The van der Waals surface area contributed by atoms with Crippen LogP contribution in [0.3, 0.4) is 0 Å². The van der Waals surface area contributed by atoms with E-state index in [0.29, 0.717) is 16.8 Å². The van der Waals surface area contributed by atoms with Crippen LogP contribution in [0.25, 0.3) is 10.9 Å². The zero-order valence-electron chi connectivity index (χ0n) is 10.6. The number of pyridine rings is 1. The number of aromatic nitrogens is 1.